The van der Waals surface area contributed by atoms with Crippen molar-refractivity contribution in [1.29, 1.82) is 0 Å². The summed E-state index contributed by atoms with van der Waals surface area (Å²) in [5, 5.41) is 39.0. The molecule has 2 aliphatic heterocycles. The second kappa shape index (κ2) is 9.39. The molecule has 1 saturated heterocycles. The maximum Gasteiger partial charge on any atom is 0.335 e. The molecule has 0 radical (unpaired) electrons. The van der Waals surface area contributed by atoms with Crippen LogP contribution in [-0.4, -0.2) is 87.3 Å². The smallest absolute Gasteiger partial charge is 0.335 e. The summed E-state index contributed by atoms with van der Waals surface area (Å²) in [6.07, 6.45) is 2.12. The van der Waals surface area contributed by atoms with Gasteiger partial charge in [-0.1, -0.05) is 12.8 Å². The van der Waals surface area contributed by atoms with Crippen LogP contribution >= 0.6 is 0 Å². The fourth-order valence-corrected chi connectivity index (χ4v) is 3.23. The van der Waals surface area contributed by atoms with Gasteiger partial charge in [-0.2, -0.15) is 0 Å². The molecule has 29 heavy (non-hydrogen) atoms. The maximum atomic E-state index is 9.77. The molecule has 4 atom stereocenters. The van der Waals surface area contributed by atoms with Gasteiger partial charge in [-0.05, 0) is 31.9 Å². The van der Waals surface area contributed by atoms with Gasteiger partial charge in [0, 0.05) is 19.1 Å². The van der Waals surface area contributed by atoms with Crippen molar-refractivity contribution in [3.63, 3.8) is 0 Å². The van der Waals surface area contributed by atoms with Crippen LogP contribution in [0.5, 0.6) is 0 Å². The summed E-state index contributed by atoms with van der Waals surface area (Å²) < 4.78 is 0. The van der Waals surface area contributed by atoms with Crippen LogP contribution in [0.4, 0.5) is 0 Å². The molecule has 3 unspecified atom stereocenters. The van der Waals surface area contributed by atoms with E-state index in [1.54, 1.807) is 0 Å². The molecule has 0 bridgehead atoms. The number of nitrogens with zero attached hydrogens (tertiary/aromatic N) is 2. The monoisotopic (exact) mass is 414 g/mol. The molecule has 0 aromatic rings. The summed E-state index contributed by atoms with van der Waals surface area (Å²) in [4.78, 5) is 26.2. The quantitative estimate of drug-likeness (QED) is 0.216. The van der Waals surface area contributed by atoms with Crippen molar-refractivity contribution in [2.45, 2.75) is 49.6 Å². The summed E-state index contributed by atoms with van der Waals surface area (Å²) in [6.45, 7) is 2.01. The summed E-state index contributed by atoms with van der Waals surface area (Å²) in [7, 11) is 2.01. The van der Waals surface area contributed by atoms with Gasteiger partial charge in [-0.3, -0.25) is 0 Å². The number of aliphatic hydroxyl groups is 2. The lowest BCUT2D eigenvalue weighted by Gasteiger charge is -2.32. The van der Waals surface area contributed by atoms with Gasteiger partial charge in [0.1, 0.15) is 11.5 Å². The molecule has 0 amide bonds. The van der Waals surface area contributed by atoms with E-state index in [4.69, 9.17) is 31.9 Å². The SMILES string of the molecule is CN[C@@H]1CCN(C2=CC(N)(CC3CC3)N=C(N)N2)C1.O=C(O)C(O)C(O)C(=O)O. The number of carboxylic acid groups (broad SMARTS) is 2. The first-order chi connectivity index (χ1) is 13.5. The van der Waals surface area contributed by atoms with E-state index in [1.807, 2.05) is 7.05 Å². The number of aliphatic imine (C=N–C) groups is 1. The Morgan fingerprint density at radius 1 is 1.31 bits per heavy atom. The number of rotatable bonds is 7. The predicted octanol–water partition coefficient (Wildman–Crippen LogP) is -2.63. The fourth-order valence-electron chi connectivity index (χ4n) is 3.23. The van der Waals surface area contributed by atoms with E-state index in [0.717, 1.165) is 37.7 Å². The minimum atomic E-state index is -2.27. The number of hydrogen-bond acceptors (Lipinski definition) is 10. The topological polar surface area (TPSA) is 207 Å². The van der Waals surface area contributed by atoms with E-state index in [2.05, 4.69) is 26.6 Å². The van der Waals surface area contributed by atoms with E-state index >= 15 is 0 Å². The molecule has 2 fully saturated rings. The third-order valence-electron chi connectivity index (χ3n) is 5.03. The molecule has 3 aliphatic rings. The number of hydrogen-bond donors (Lipinski definition) is 8. The number of aliphatic hydroxyl groups excluding tert-OH is 2. The molecule has 0 aromatic heterocycles. The van der Waals surface area contributed by atoms with Crippen LogP contribution in [0.1, 0.15) is 25.7 Å². The molecule has 10 N–H and O–H groups in total. The standard InChI is InChI=1S/C13H24N6.C4H6O6/c1-16-10-4-5-19(8-10)11-7-13(15,6-9-2-3-9)18-12(14)17-11;5-1(3(7)8)2(6)4(9)10/h7,9-10,16H,2-6,8,15H2,1H3,(H3,14,17,18);1-2,5-6H,(H,7,8)(H,9,10)/t10-,13?;/m1./s1. The molecular weight excluding hydrogens is 384 g/mol. The van der Waals surface area contributed by atoms with Crippen LogP contribution in [0.25, 0.3) is 0 Å². The Morgan fingerprint density at radius 2 is 1.90 bits per heavy atom. The van der Waals surface area contributed by atoms with Crippen LogP contribution < -0.4 is 22.1 Å². The Bertz CT molecular complexity index is 663. The Labute approximate surface area is 168 Å². The van der Waals surface area contributed by atoms with Gasteiger partial charge in [-0.15, -0.1) is 0 Å². The first kappa shape index (κ1) is 22.9. The maximum absolute atomic E-state index is 9.77. The second-order valence-electron chi connectivity index (χ2n) is 7.58. The van der Waals surface area contributed by atoms with Crippen LogP contribution in [0.3, 0.4) is 0 Å². The molecule has 3 rings (SSSR count). The molecule has 1 saturated carbocycles. The molecule has 164 valence electrons. The lowest BCUT2D eigenvalue weighted by molar-refractivity contribution is -0.165. The first-order valence-corrected chi connectivity index (χ1v) is 9.42. The first-order valence-electron chi connectivity index (χ1n) is 9.42. The van der Waals surface area contributed by atoms with Crippen LogP contribution in [-0.2, 0) is 9.59 Å². The Hall–Kier alpha value is -2.41. The average molecular weight is 414 g/mol. The molecule has 12 nitrogen and oxygen atoms in total. The molecular formula is C17H30N6O6. The largest absolute Gasteiger partial charge is 0.479 e. The van der Waals surface area contributed by atoms with Gasteiger partial charge in [0.05, 0.1) is 0 Å². The van der Waals surface area contributed by atoms with Crippen molar-refractivity contribution < 1.29 is 30.0 Å². The average Bonchev–Trinajstić information content (AvgIpc) is 3.30. The van der Waals surface area contributed by atoms with E-state index in [-0.39, 0.29) is 0 Å². The number of nitrogens with two attached hydrogens (primary N) is 2. The molecule has 12 heteroatoms. The summed E-state index contributed by atoms with van der Waals surface area (Å²) in [5.74, 6) is -1.35. The van der Waals surface area contributed by atoms with Gasteiger partial charge in [0.2, 0.25) is 0 Å². The third-order valence-corrected chi connectivity index (χ3v) is 5.03. The van der Waals surface area contributed by atoms with Gasteiger partial charge < -0.3 is 47.4 Å². The number of guanidine groups is 1. The molecule has 0 aromatic carbocycles. The molecule has 2 heterocycles. The van der Waals surface area contributed by atoms with Gasteiger partial charge in [-0.25, -0.2) is 14.6 Å². The molecule has 0 spiro atoms. The van der Waals surface area contributed by atoms with E-state index in [1.165, 1.54) is 12.8 Å². The number of likely N-dealkylation sites (tertiary alicyclic amines) is 1. The van der Waals surface area contributed by atoms with E-state index in [0.29, 0.717) is 12.0 Å². The number of likely N-dealkylation sites (N-methyl/N-ethyl adjacent to an activating group) is 1. The number of nitrogens with one attached hydrogen (secondary N) is 2. The minimum absolute atomic E-state index is 0.438. The highest BCUT2D eigenvalue weighted by molar-refractivity contribution is 5.83. The van der Waals surface area contributed by atoms with Gasteiger partial charge in [0.25, 0.3) is 0 Å². The lowest BCUT2D eigenvalue weighted by Crippen LogP contribution is -2.50. The Morgan fingerprint density at radius 3 is 2.34 bits per heavy atom. The highest BCUT2D eigenvalue weighted by Crippen LogP contribution is 2.37. The van der Waals surface area contributed by atoms with E-state index in [9.17, 15) is 9.59 Å². The number of carboxylic acids is 2. The van der Waals surface area contributed by atoms with Crippen molar-refractivity contribution in [3.05, 3.63) is 11.9 Å². The predicted molar refractivity (Wildman–Crippen MR) is 103 cm³/mol. The second-order valence-corrected chi connectivity index (χ2v) is 7.58. The van der Waals surface area contributed by atoms with Crippen LogP contribution in [0.15, 0.2) is 16.9 Å². The van der Waals surface area contributed by atoms with Crippen molar-refractivity contribution in [2.24, 2.45) is 22.4 Å². The number of aliphatic carboxylic acids is 2. The van der Waals surface area contributed by atoms with Crippen LogP contribution in [0.2, 0.25) is 0 Å². The van der Waals surface area contributed by atoms with Gasteiger partial charge in [0.15, 0.2) is 18.2 Å². The normalized spacial score (nSPS) is 28.3. The summed E-state index contributed by atoms with van der Waals surface area (Å²) >= 11 is 0. The zero-order valence-electron chi connectivity index (χ0n) is 16.3. The highest BCUT2D eigenvalue weighted by Gasteiger charge is 2.36. The fraction of sp³-hybridized carbons (Fsp3) is 0.706. The van der Waals surface area contributed by atoms with Crippen molar-refractivity contribution in [1.82, 2.24) is 15.5 Å². The van der Waals surface area contributed by atoms with Crippen LogP contribution in [0, 0.1) is 5.92 Å². The Balaban J connectivity index is 0.000000257. The Kier molecular flexibility index (Phi) is 7.41. The summed E-state index contributed by atoms with van der Waals surface area (Å²) in [5.41, 5.74) is 11.7. The van der Waals surface area contributed by atoms with Crippen molar-refractivity contribution in [2.75, 3.05) is 20.1 Å². The van der Waals surface area contributed by atoms with Crippen molar-refractivity contribution in [3.8, 4) is 0 Å². The summed E-state index contributed by atoms with van der Waals surface area (Å²) in [6, 6.07) is 0.540. The number of carbonyl (C=O) groups is 2. The molecule has 1 aliphatic carbocycles. The lowest BCUT2D eigenvalue weighted by atomic mass is 10.0. The highest BCUT2D eigenvalue weighted by atomic mass is 16.4. The minimum Gasteiger partial charge on any atom is -0.479 e. The zero-order valence-corrected chi connectivity index (χ0v) is 16.3. The third kappa shape index (κ3) is 6.56. The van der Waals surface area contributed by atoms with Crippen molar-refractivity contribution >= 4 is 17.9 Å². The van der Waals surface area contributed by atoms with Gasteiger partial charge >= 0.3 is 11.9 Å². The zero-order chi connectivity index (χ0) is 21.8. The van der Waals surface area contributed by atoms with E-state index < -0.39 is 29.8 Å².